The Morgan fingerprint density at radius 2 is 2.23 bits per heavy atom. The SMILES string of the molecule is CCN1CCOC(C(=O)Nc2cc(OC)ccc2N)C1.Cl.Cl. The van der Waals surface area contributed by atoms with Crippen LogP contribution < -0.4 is 15.8 Å². The Bertz CT molecular complexity index is 488. The van der Waals surface area contributed by atoms with Gasteiger partial charge in [0.2, 0.25) is 0 Å². The molecule has 1 aliphatic rings. The van der Waals surface area contributed by atoms with Gasteiger partial charge in [-0.05, 0) is 18.7 Å². The third kappa shape index (κ3) is 5.21. The molecule has 1 fully saturated rings. The van der Waals surface area contributed by atoms with Crippen LogP contribution in [0.2, 0.25) is 0 Å². The number of methoxy groups -OCH3 is 1. The molecule has 0 spiro atoms. The molecule has 6 nitrogen and oxygen atoms in total. The van der Waals surface area contributed by atoms with E-state index in [1.807, 2.05) is 0 Å². The molecule has 1 aromatic carbocycles. The highest BCUT2D eigenvalue weighted by molar-refractivity contribution is 5.97. The Morgan fingerprint density at radius 3 is 2.86 bits per heavy atom. The molecule has 1 saturated heterocycles. The third-order valence-electron chi connectivity index (χ3n) is 3.41. The molecule has 1 unspecified atom stereocenters. The summed E-state index contributed by atoms with van der Waals surface area (Å²) in [5.74, 6) is 0.470. The maximum Gasteiger partial charge on any atom is 0.254 e. The number of nitrogen functional groups attached to an aromatic ring is 1. The van der Waals surface area contributed by atoms with Gasteiger partial charge in [0.25, 0.3) is 5.91 Å². The van der Waals surface area contributed by atoms with E-state index >= 15 is 0 Å². The van der Waals surface area contributed by atoms with Crippen molar-refractivity contribution in [3.63, 3.8) is 0 Å². The number of carbonyl (C=O) groups is 1. The number of hydrogen-bond donors (Lipinski definition) is 2. The van der Waals surface area contributed by atoms with E-state index in [-0.39, 0.29) is 30.7 Å². The van der Waals surface area contributed by atoms with Crippen molar-refractivity contribution in [3.05, 3.63) is 18.2 Å². The highest BCUT2D eigenvalue weighted by Gasteiger charge is 2.26. The van der Waals surface area contributed by atoms with Gasteiger partial charge in [0.1, 0.15) is 11.9 Å². The van der Waals surface area contributed by atoms with Gasteiger partial charge in [0.15, 0.2) is 0 Å². The first-order valence-corrected chi connectivity index (χ1v) is 6.72. The summed E-state index contributed by atoms with van der Waals surface area (Å²) in [7, 11) is 1.57. The summed E-state index contributed by atoms with van der Waals surface area (Å²) in [6, 6.07) is 5.16. The fourth-order valence-corrected chi connectivity index (χ4v) is 2.13. The molecule has 0 radical (unpaired) electrons. The molecule has 2 rings (SSSR count). The number of rotatable bonds is 4. The van der Waals surface area contributed by atoms with Crippen molar-refractivity contribution < 1.29 is 14.3 Å². The van der Waals surface area contributed by atoms with Crippen molar-refractivity contribution in [2.24, 2.45) is 0 Å². The molecule has 0 saturated carbocycles. The molecule has 0 aromatic heterocycles. The molecule has 1 aliphatic heterocycles. The molecule has 22 heavy (non-hydrogen) atoms. The maximum absolute atomic E-state index is 12.2. The minimum absolute atomic E-state index is 0. The fraction of sp³-hybridized carbons (Fsp3) is 0.500. The Morgan fingerprint density at radius 1 is 1.50 bits per heavy atom. The van der Waals surface area contributed by atoms with E-state index in [1.54, 1.807) is 25.3 Å². The van der Waals surface area contributed by atoms with Crippen LogP contribution in [0.1, 0.15) is 6.92 Å². The summed E-state index contributed by atoms with van der Waals surface area (Å²) < 4.78 is 10.6. The number of hydrogen-bond acceptors (Lipinski definition) is 5. The van der Waals surface area contributed by atoms with Crippen LogP contribution in [-0.2, 0) is 9.53 Å². The summed E-state index contributed by atoms with van der Waals surface area (Å²) in [5, 5.41) is 2.80. The molecule has 1 atom stereocenters. The average Bonchev–Trinajstić information content (AvgIpc) is 2.49. The first-order valence-electron chi connectivity index (χ1n) is 6.72. The first kappa shape index (κ1) is 20.8. The number of amides is 1. The predicted molar refractivity (Wildman–Crippen MR) is 92.4 cm³/mol. The number of anilines is 2. The molecule has 0 bridgehead atoms. The number of morpholine rings is 1. The molecule has 1 aromatic rings. The zero-order valence-electron chi connectivity index (χ0n) is 12.7. The molecule has 126 valence electrons. The second-order valence-corrected chi connectivity index (χ2v) is 4.70. The second-order valence-electron chi connectivity index (χ2n) is 4.70. The van der Waals surface area contributed by atoms with Crippen LogP contribution in [0.5, 0.6) is 5.75 Å². The minimum atomic E-state index is -0.464. The molecule has 0 aliphatic carbocycles. The first-order chi connectivity index (χ1) is 9.63. The minimum Gasteiger partial charge on any atom is -0.497 e. The zero-order valence-corrected chi connectivity index (χ0v) is 14.3. The number of nitrogens with zero attached hydrogens (tertiary/aromatic N) is 1. The Balaban J connectivity index is 0.00000220. The quantitative estimate of drug-likeness (QED) is 0.808. The second kappa shape index (κ2) is 9.74. The monoisotopic (exact) mass is 351 g/mol. The van der Waals surface area contributed by atoms with Gasteiger partial charge in [-0.25, -0.2) is 0 Å². The highest BCUT2D eigenvalue weighted by atomic mass is 35.5. The predicted octanol–water partition coefficient (Wildman–Crippen LogP) is 1.78. The Hall–Kier alpha value is -1.21. The maximum atomic E-state index is 12.2. The van der Waals surface area contributed by atoms with Crippen LogP contribution in [0.3, 0.4) is 0 Å². The van der Waals surface area contributed by atoms with E-state index in [9.17, 15) is 4.79 Å². The van der Waals surface area contributed by atoms with Crippen LogP contribution in [0.15, 0.2) is 18.2 Å². The Labute approximate surface area is 143 Å². The lowest BCUT2D eigenvalue weighted by molar-refractivity contribution is -0.132. The lowest BCUT2D eigenvalue weighted by Gasteiger charge is -2.31. The van der Waals surface area contributed by atoms with Crippen LogP contribution in [0.25, 0.3) is 0 Å². The number of halogens is 2. The van der Waals surface area contributed by atoms with Gasteiger partial charge in [0, 0.05) is 19.2 Å². The molecular weight excluding hydrogens is 329 g/mol. The van der Waals surface area contributed by atoms with Crippen LogP contribution in [0, 0.1) is 0 Å². The smallest absolute Gasteiger partial charge is 0.254 e. The van der Waals surface area contributed by atoms with Gasteiger partial charge in [-0.2, -0.15) is 0 Å². The summed E-state index contributed by atoms with van der Waals surface area (Å²) in [5.41, 5.74) is 6.90. The number of nitrogens with one attached hydrogen (secondary N) is 1. The van der Waals surface area contributed by atoms with E-state index < -0.39 is 6.10 Å². The molecule has 1 amide bonds. The van der Waals surface area contributed by atoms with Gasteiger partial charge < -0.3 is 20.5 Å². The van der Waals surface area contributed by atoms with Crippen molar-refractivity contribution in [2.75, 3.05) is 44.4 Å². The van der Waals surface area contributed by atoms with Crippen molar-refractivity contribution in [1.82, 2.24) is 4.90 Å². The number of likely N-dealkylation sites (N-methyl/N-ethyl adjacent to an activating group) is 1. The molecular formula is C14H23Cl2N3O3. The molecule has 1 heterocycles. The number of ether oxygens (including phenoxy) is 2. The van der Waals surface area contributed by atoms with E-state index in [4.69, 9.17) is 15.2 Å². The topological polar surface area (TPSA) is 76.8 Å². The summed E-state index contributed by atoms with van der Waals surface area (Å²) in [4.78, 5) is 14.4. The van der Waals surface area contributed by atoms with Crippen LogP contribution in [-0.4, -0.2) is 50.3 Å². The lowest BCUT2D eigenvalue weighted by atomic mass is 10.2. The van der Waals surface area contributed by atoms with Gasteiger partial charge in [-0.3, -0.25) is 9.69 Å². The van der Waals surface area contributed by atoms with E-state index in [0.717, 1.165) is 13.1 Å². The largest absolute Gasteiger partial charge is 0.497 e. The van der Waals surface area contributed by atoms with Crippen LogP contribution >= 0.6 is 24.8 Å². The van der Waals surface area contributed by atoms with Gasteiger partial charge in [0.05, 0.1) is 25.1 Å². The van der Waals surface area contributed by atoms with E-state index in [1.165, 1.54) is 0 Å². The van der Waals surface area contributed by atoms with E-state index in [0.29, 0.717) is 30.3 Å². The Kier molecular flexibility index (Phi) is 9.20. The van der Waals surface area contributed by atoms with Gasteiger partial charge >= 0.3 is 0 Å². The van der Waals surface area contributed by atoms with Crippen molar-refractivity contribution in [3.8, 4) is 5.75 Å². The normalized spacial score (nSPS) is 17.8. The van der Waals surface area contributed by atoms with Crippen molar-refractivity contribution >= 4 is 42.1 Å². The summed E-state index contributed by atoms with van der Waals surface area (Å²) in [6.45, 7) is 5.02. The summed E-state index contributed by atoms with van der Waals surface area (Å²) >= 11 is 0. The number of benzene rings is 1. The third-order valence-corrected chi connectivity index (χ3v) is 3.41. The van der Waals surface area contributed by atoms with Crippen molar-refractivity contribution in [2.45, 2.75) is 13.0 Å². The van der Waals surface area contributed by atoms with Crippen molar-refractivity contribution in [1.29, 1.82) is 0 Å². The van der Waals surface area contributed by atoms with Crippen LogP contribution in [0.4, 0.5) is 11.4 Å². The van der Waals surface area contributed by atoms with Gasteiger partial charge in [-0.15, -0.1) is 24.8 Å². The highest BCUT2D eigenvalue weighted by Crippen LogP contribution is 2.24. The number of carbonyl (C=O) groups excluding carboxylic acids is 1. The average molecular weight is 352 g/mol. The summed E-state index contributed by atoms with van der Waals surface area (Å²) in [6.07, 6.45) is -0.464. The fourth-order valence-electron chi connectivity index (χ4n) is 2.13. The molecule has 8 heteroatoms. The zero-order chi connectivity index (χ0) is 14.5. The standard InChI is InChI=1S/C14H21N3O3.2ClH/c1-3-17-6-7-20-13(9-17)14(18)16-12-8-10(19-2)4-5-11(12)15;;/h4-5,8,13H,3,6-7,9,15H2,1-2H3,(H,16,18);2*1H. The molecule has 3 N–H and O–H groups in total. The number of nitrogens with two attached hydrogens (primary N) is 1. The van der Waals surface area contributed by atoms with E-state index in [2.05, 4.69) is 17.1 Å². The van der Waals surface area contributed by atoms with Gasteiger partial charge in [-0.1, -0.05) is 6.92 Å². The lowest BCUT2D eigenvalue weighted by Crippen LogP contribution is -2.47.